The molecule has 1 aromatic carbocycles. The van der Waals surface area contributed by atoms with Crippen LogP contribution in [0.4, 0.5) is 13.2 Å². The Hall–Kier alpha value is -1.56. The first-order chi connectivity index (χ1) is 12.8. The van der Waals surface area contributed by atoms with E-state index in [-0.39, 0.29) is 35.8 Å². The SMILES string of the molecule is CCC(CNC(=NC)NCc1ncc(C)s1)Oc1cccc(C(F)(F)F)c1.I. The fourth-order valence-corrected chi connectivity index (χ4v) is 3.01. The molecule has 1 atom stereocenters. The second kappa shape index (κ2) is 11.4. The topological polar surface area (TPSA) is 58.5 Å². The van der Waals surface area contributed by atoms with Gasteiger partial charge in [-0.25, -0.2) is 4.98 Å². The summed E-state index contributed by atoms with van der Waals surface area (Å²) in [5.41, 5.74) is -0.723. The number of guanidine groups is 1. The number of alkyl halides is 3. The Morgan fingerprint density at radius 1 is 1.32 bits per heavy atom. The van der Waals surface area contributed by atoms with Crippen LogP contribution in [0.2, 0.25) is 0 Å². The van der Waals surface area contributed by atoms with Crippen molar-refractivity contribution in [2.45, 2.75) is 39.1 Å². The minimum atomic E-state index is -4.39. The van der Waals surface area contributed by atoms with E-state index in [2.05, 4.69) is 20.6 Å². The number of hydrogen-bond donors (Lipinski definition) is 2. The zero-order valence-electron chi connectivity index (χ0n) is 15.8. The molecule has 0 amide bonds. The Morgan fingerprint density at radius 2 is 2.07 bits per heavy atom. The van der Waals surface area contributed by atoms with Crippen LogP contribution in [0.1, 0.15) is 28.8 Å². The number of aliphatic imine (C=N–C) groups is 1. The van der Waals surface area contributed by atoms with Crippen molar-refractivity contribution in [1.82, 2.24) is 15.6 Å². The molecule has 5 nitrogen and oxygen atoms in total. The lowest BCUT2D eigenvalue weighted by molar-refractivity contribution is -0.137. The maximum absolute atomic E-state index is 12.8. The summed E-state index contributed by atoms with van der Waals surface area (Å²) in [5.74, 6) is 0.772. The van der Waals surface area contributed by atoms with Crippen molar-refractivity contribution in [3.8, 4) is 5.75 Å². The summed E-state index contributed by atoms with van der Waals surface area (Å²) in [6, 6.07) is 4.91. The molecule has 2 rings (SSSR count). The van der Waals surface area contributed by atoms with Crippen LogP contribution in [0.15, 0.2) is 35.5 Å². The third-order valence-electron chi connectivity index (χ3n) is 3.72. The molecule has 0 bridgehead atoms. The van der Waals surface area contributed by atoms with Gasteiger partial charge in [0.25, 0.3) is 0 Å². The highest BCUT2D eigenvalue weighted by molar-refractivity contribution is 14.0. The lowest BCUT2D eigenvalue weighted by Crippen LogP contribution is -2.42. The number of ether oxygens (including phenoxy) is 1. The maximum atomic E-state index is 12.8. The zero-order chi connectivity index (χ0) is 19.9. The number of thiazole rings is 1. The van der Waals surface area contributed by atoms with Crippen molar-refractivity contribution in [3.05, 3.63) is 45.9 Å². The van der Waals surface area contributed by atoms with Gasteiger partial charge in [0.05, 0.1) is 18.7 Å². The van der Waals surface area contributed by atoms with Gasteiger partial charge in [0.2, 0.25) is 0 Å². The number of rotatable bonds is 7. The van der Waals surface area contributed by atoms with Crippen molar-refractivity contribution in [2.24, 2.45) is 4.99 Å². The number of hydrogen-bond acceptors (Lipinski definition) is 4. The van der Waals surface area contributed by atoms with Crippen LogP contribution < -0.4 is 15.4 Å². The Bertz CT molecular complexity index is 767. The molecule has 0 aliphatic rings. The van der Waals surface area contributed by atoms with Crippen LogP contribution in [-0.2, 0) is 12.7 Å². The third kappa shape index (κ3) is 7.82. The van der Waals surface area contributed by atoms with E-state index >= 15 is 0 Å². The molecule has 0 aliphatic heterocycles. The van der Waals surface area contributed by atoms with E-state index in [0.29, 0.717) is 25.5 Å². The number of halogens is 4. The highest BCUT2D eigenvalue weighted by Crippen LogP contribution is 2.31. The molecule has 0 spiro atoms. The average Bonchev–Trinajstić information content (AvgIpc) is 3.05. The number of nitrogens with one attached hydrogen (secondary N) is 2. The van der Waals surface area contributed by atoms with Gasteiger partial charge in [0.1, 0.15) is 16.9 Å². The van der Waals surface area contributed by atoms with Gasteiger partial charge in [-0.2, -0.15) is 13.2 Å². The molecule has 0 radical (unpaired) electrons. The smallest absolute Gasteiger partial charge is 0.416 e. The fourth-order valence-electron chi connectivity index (χ4n) is 2.28. The molecule has 1 aromatic heterocycles. The minimum absolute atomic E-state index is 0. The van der Waals surface area contributed by atoms with Gasteiger partial charge in [-0.15, -0.1) is 35.3 Å². The monoisotopic (exact) mass is 528 g/mol. The molecule has 0 saturated carbocycles. The number of nitrogens with zero attached hydrogens (tertiary/aromatic N) is 2. The third-order valence-corrected chi connectivity index (χ3v) is 4.63. The lowest BCUT2D eigenvalue weighted by atomic mass is 10.2. The maximum Gasteiger partial charge on any atom is 0.416 e. The molecular formula is C18H24F3IN4OS. The fraction of sp³-hybridized carbons (Fsp3) is 0.444. The molecule has 2 N–H and O–H groups in total. The molecule has 2 aromatic rings. The molecule has 28 heavy (non-hydrogen) atoms. The summed E-state index contributed by atoms with van der Waals surface area (Å²) in [4.78, 5) is 9.55. The van der Waals surface area contributed by atoms with E-state index in [1.54, 1.807) is 18.4 Å². The minimum Gasteiger partial charge on any atom is -0.489 e. The molecule has 0 aliphatic carbocycles. The van der Waals surface area contributed by atoms with E-state index in [4.69, 9.17) is 4.74 Å². The van der Waals surface area contributed by atoms with Gasteiger partial charge < -0.3 is 15.4 Å². The summed E-state index contributed by atoms with van der Waals surface area (Å²) in [7, 11) is 1.65. The normalized spacial score (nSPS) is 12.9. The van der Waals surface area contributed by atoms with Crippen molar-refractivity contribution in [3.63, 3.8) is 0 Å². The van der Waals surface area contributed by atoms with Crippen LogP contribution in [0.3, 0.4) is 0 Å². The van der Waals surface area contributed by atoms with Gasteiger partial charge in [-0.05, 0) is 31.5 Å². The predicted molar refractivity (Wildman–Crippen MR) is 117 cm³/mol. The second-order valence-corrected chi connectivity index (χ2v) is 7.16. The van der Waals surface area contributed by atoms with E-state index < -0.39 is 11.7 Å². The Labute approximate surface area is 183 Å². The van der Waals surface area contributed by atoms with Gasteiger partial charge in [0, 0.05) is 18.1 Å². The molecular weight excluding hydrogens is 504 g/mol. The van der Waals surface area contributed by atoms with Crippen molar-refractivity contribution in [1.29, 1.82) is 0 Å². The molecule has 1 heterocycles. The first-order valence-corrected chi connectivity index (χ1v) is 9.33. The van der Waals surface area contributed by atoms with Crippen molar-refractivity contribution >= 4 is 41.3 Å². The van der Waals surface area contributed by atoms with Crippen LogP contribution in [0.25, 0.3) is 0 Å². The Kier molecular flexibility index (Phi) is 10.0. The Balaban J connectivity index is 0.00000392. The molecule has 10 heteroatoms. The van der Waals surface area contributed by atoms with Gasteiger partial charge in [-0.3, -0.25) is 4.99 Å². The highest BCUT2D eigenvalue weighted by Gasteiger charge is 2.30. The predicted octanol–water partition coefficient (Wildman–Crippen LogP) is 4.61. The van der Waals surface area contributed by atoms with E-state index in [0.717, 1.165) is 22.0 Å². The first kappa shape index (κ1) is 24.5. The van der Waals surface area contributed by atoms with Crippen LogP contribution in [-0.4, -0.2) is 30.6 Å². The molecule has 156 valence electrons. The van der Waals surface area contributed by atoms with Crippen LogP contribution >= 0.6 is 35.3 Å². The van der Waals surface area contributed by atoms with Crippen molar-refractivity contribution in [2.75, 3.05) is 13.6 Å². The number of aromatic nitrogens is 1. The quantitative estimate of drug-likeness (QED) is 0.313. The first-order valence-electron chi connectivity index (χ1n) is 8.51. The van der Waals surface area contributed by atoms with E-state index in [1.165, 1.54) is 12.1 Å². The highest BCUT2D eigenvalue weighted by atomic mass is 127. The summed E-state index contributed by atoms with van der Waals surface area (Å²) in [6.07, 6.45) is -2.24. The molecule has 1 unspecified atom stereocenters. The van der Waals surface area contributed by atoms with Gasteiger partial charge in [-0.1, -0.05) is 13.0 Å². The van der Waals surface area contributed by atoms with Crippen LogP contribution in [0, 0.1) is 6.92 Å². The van der Waals surface area contributed by atoms with E-state index in [1.807, 2.05) is 20.0 Å². The summed E-state index contributed by atoms with van der Waals surface area (Å²) in [5, 5.41) is 7.23. The second-order valence-electron chi connectivity index (χ2n) is 5.85. The summed E-state index contributed by atoms with van der Waals surface area (Å²) in [6.45, 7) is 4.85. The van der Waals surface area contributed by atoms with Crippen molar-refractivity contribution < 1.29 is 17.9 Å². The van der Waals surface area contributed by atoms with Crippen LogP contribution in [0.5, 0.6) is 5.75 Å². The number of benzene rings is 1. The van der Waals surface area contributed by atoms with Gasteiger partial charge in [0.15, 0.2) is 5.96 Å². The summed E-state index contributed by atoms with van der Waals surface area (Å²) < 4.78 is 44.2. The summed E-state index contributed by atoms with van der Waals surface area (Å²) >= 11 is 1.60. The zero-order valence-corrected chi connectivity index (χ0v) is 19.0. The van der Waals surface area contributed by atoms with Gasteiger partial charge >= 0.3 is 6.18 Å². The molecule has 0 fully saturated rings. The standard InChI is InChI=1S/C18H23F3N4OS.HI/c1-4-14(26-15-7-5-6-13(8-15)18(19,20)21)10-24-17(22-3)25-11-16-23-9-12(2)27-16;/h5-9,14H,4,10-11H2,1-3H3,(H2,22,24,25);1H. The number of aryl methyl sites for hydroxylation is 1. The largest absolute Gasteiger partial charge is 0.489 e. The van der Waals surface area contributed by atoms with E-state index in [9.17, 15) is 13.2 Å². The average molecular weight is 528 g/mol. The molecule has 0 saturated heterocycles. The lowest BCUT2D eigenvalue weighted by Gasteiger charge is -2.20. The Morgan fingerprint density at radius 3 is 2.64 bits per heavy atom.